The molecule has 63 heavy (non-hydrogen) atoms. The first-order valence-corrected chi connectivity index (χ1v) is 21.8. The van der Waals surface area contributed by atoms with Gasteiger partial charge in [0.05, 0.1) is 66.1 Å². The summed E-state index contributed by atoms with van der Waals surface area (Å²) in [5.41, 5.74) is 16.7. The topological polar surface area (TPSA) is 61.4 Å². The molecule has 0 saturated carbocycles. The van der Waals surface area contributed by atoms with Crippen molar-refractivity contribution in [3.63, 3.8) is 0 Å². The average molecular weight is 823 g/mol. The smallest absolute Gasteiger partial charge is 0.108 e. The molecule has 0 fully saturated rings. The molecule has 0 unspecified atom stereocenters. The van der Waals surface area contributed by atoms with E-state index in [0.29, 0.717) is 0 Å². The average Bonchev–Trinajstić information content (AvgIpc) is 4.01. The maximum Gasteiger partial charge on any atom is 0.108 e. The van der Waals surface area contributed by atoms with Crippen molar-refractivity contribution in [1.82, 2.24) is 29.1 Å². The molecule has 13 aromatic rings. The molecule has 0 aliphatic rings. The van der Waals surface area contributed by atoms with Crippen LogP contribution in [0.3, 0.4) is 0 Å². The van der Waals surface area contributed by atoms with E-state index in [1.807, 2.05) is 36.8 Å². The molecule has 0 amide bonds. The molecule has 0 aliphatic carbocycles. The molecule has 7 heterocycles. The third-order valence-electron chi connectivity index (χ3n) is 12.2. The van der Waals surface area contributed by atoms with Crippen LogP contribution in [0.1, 0.15) is 0 Å². The summed E-state index contributed by atoms with van der Waals surface area (Å²) in [5.74, 6) is 0. The highest BCUT2D eigenvalue weighted by molar-refractivity contribution is 7.25. The van der Waals surface area contributed by atoms with Gasteiger partial charge in [0.25, 0.3) is 0 Å². The molecule has 0 saturated heterocycles. The van der Waals surface area contributed by atoms with Crippen molar-refractivity contribution in [2.45, 2.75) is 0 Å². The fourth-order valence-corrected chi connectivity index (χ4v) is 10.3. The van der Waals surface area contributed by atoms with Gasteiger partial charge in [-0.2, -0.15) is 0 Å². The predicted molar refractivity (Wildman–Crippen MR) is 261 cm³/mol. The van der Waals surface area contributed by atoms with Crippen molar-refractivity contribution in [3.8, 4) is 56.3 Å². The Balaban J connectivity index is 0.938. The fourth-order valence-electron chi connectivity index (χ4n) is 9.34. The lowest BCUT2D eigenvalue weighted by Gasteiger charge is -2.13. The van der Waals surface area contributed by atoms with Gasteiger partial charge in [0.15, 0.2) is 0 Å². The number of thiophene rings is 1. The van der Waals surface area contributed by atoms with E-state index in [9.17, 15) is 0 Å². The van der Waals surface area contributed by atoms with E-state index in [-0.39, 0.29) is 0 Å². The van der Waals surface area contributed by atoms with Gasteiger partial charge in [0.2, 0.25) is 0 Å². The molecule has 294 valence electrons. The van der Waals surface area contributed by atoms with Gasteiger partial charge >= 0.3 is 0 Å². The first kappa shape index (κ1) is 35.5. The number of fused-ring (bicyclic) bond motifs is 9. The van der Waals surface area contributed by atoms with E-state index in [1.165, 1.54) is 21.5 Å². The van der Waals surface area contributed by atoms with E-state index >= 15 is 0 Å². The molecule has 0 radical (unpaired) electrons. The summed E-state index contributed by atoms with van der Waals surface area (Å²) in [5, 5.41) is 4.78. The van der Waals surface area contributed by atoms with Crippen LogP contribution in [-0.4, -0.2) is 29.1 Å². The maximum atomic E-state index is 5.18. The van der Waals surface area contributed by atoms with E-state index in [0.717, 1.165) is 98.8 Å². The number of para-hydroxylation sites is 2. The molecule has 0 spiro atoms. The molecule has 0 bridgehead atoms. The summed E-state index contributed by atoms with van der Waals surface area (Å²) in [6.07, 6.45) is 5.68. The Morgan fingerprint density at radius 2 is 0.921 bits per heavy atom. The van der Waals surface area contributed by atoms with E-state index in [4.69, 9.17) is 15.0 Å². The van der Waals surface area contributed by atoms with E-state index in [1.54, 1.807) is 11.3 Å². The van der Waals surface area contributed by atoms with Crippen molar-refractivity contribution >= 4 is 75.4 Å². The molecule has 0 N–H and O–H groups in total. The van der Waals surface area contributed by atoms with Crippen LogP contribution in [0.2, 0.25) is 0 Å². The predicted octanol–water partition coefficient (Wildman–Crippen LogP) is 14.5. The molecule has 7 heteroatoms. The number of aromatic nitrogens is 6. The van der Waals surface area contributed by atoms with Gasteiger partial charge in [-0.1, -0.05) is 109 Å². The maximum absolute atomic E-state index is 5.18. The minimum absolute atomic E-state index is 0.874. The molecule has 6 aromatic carbocycles. The van der Waals surface area contributed by atoms with Crippen LogP contribution < -0.4 is 0 Å². The Bertz CT molecular complexity index is 3860. The van der Waals surface area contributed by atoms with Crippen LogP contribution in [0.4, 0.5) is 0 Å². The molecule has 6 nitrogen and oxygen atoms in total. The van der Waals surface area contributed by atoms with Gasteiger partial charge < -0.3 is 9.13 Å². The Labute approximate surface area is 365 Å². The van der Waals surface area contributed by atoms with Gasteiger partial charge in [-0.15, -0.1) is 11.3 Å². The summed E-state index contributed by atoms with van der Waals surface area (Å²) in [6, 6.07) is 67.0. The van der Waals surface area contributed by atoms with Crippen LogP contribution in [0.25, 0.3) is 120 Å². The van der Waals surface area contributed by atoms with Crippen LogP contribution in [-0.2, 0) is 0 Å². The monoisotopic (exact) mass is 822 g/mol. The number of benzene rings is 6. The van der Waals surface area contributed by atoms with Crippen LogP contribution in [0.5, 0.6) is 0 Å². The highest BCUT2D eigenvalue weighted by atomic mass is 32.1. The minimum atomic E-state index is 0.874. The number of nitrogens with zero attached hydrogens (tertiary/aromatic N) is 6. The third-order valence-corrected chi connectivity index (χ3v) is 13.3. The highest BCUT2D eigenvalue weighted by Gasteiger charge is 2.19. The zero-order chi connectivity index (χ0) is 41.4. The second-order valence-electron chi connectivity index (χ2n) is 15.9. The standard InChI is InChI=1S/C56H34N6S/c1-3-12-35(13-4-1)47-31-40(32-48(59-47)36-14-5-2-6-15-36)61-49-18-9-7-16-42(49)44-29-37(21-24-51(44)61)38-22-25-52-45(30-38)43-17-8-10-19-50(43)62(52)41-28-39(33-57-34-41)46-23-26-54-56(60-46)55-53(63-54)20-11-27-58-55/h1-34H. The molecular formula is C56H34N6S. The minimum Gasteiger partial charge on any atom is -0.309 e. The molecule has 0 aliphatic heterocycles. The van der Waals surface area contributed by atoms with Gasteiger partial charge in [-0.05, 0) is 90.0 Å². The van der Waals surface area contributed by atoms with Crippen molar-refractivity contribution in [2.75, 3.05) is 0 Å². The third kappa shape index (κ3) is 5.78. The zero-order valence-electron chi connectivity index (χ0n) is 33.7. The lowest BCUT2D eigenvalue weighted by atomic mass is 10.0. The van der Waals surface area contributed by atoms with Crippen molar-refractivity contribution < 1.29 is 0 Å². The first-order valence-electron chi connectivity index (χ1n) is 21.0. The van der Waals surface area contributed by atoms with E-state index < -0.39 is 0 Å². The Hall–Kier alpha value is -8.26. The quantitative estimate of drug-likeness (QED) is 0.168. The van der Waals surface area contributed by atoms with Gasteiger partial charge in [0.1, 0.15) is 11.0 Å². The zero-order valence-corrected chi connectivity index (χ0v) is 34.5. The van der Waals surface area contributed by atoms with Crippen molar-refractivity contribution in [1.29, 1.82) is 0 Å². The number of pyridine rings is 4. The summed E-state index contributed by atoms with van der Waals surface area (Å²) in [6.45, 7) is 0. The largest absolute Gasteiger partial charge is 0.309 e. The molecular weight excluding hydrogens is 789 g/mol. The van der Waals surface area contributed by atoms with Crippen LogP contribution in [0, 0.1) is 0 Å². The first-order chi connectivity index (χ1) is 31.2. The van der Waals surface area contributed by atoms with Crippen molar-refractivity contribution in [3.05, 3.63) is 207 Å². The number of hydrogen-bond acceptors (Lipinski definition) is 5. The Kier molecular flexibility index (Phi) is 7.98. The van der Waals surface area contributed by atoms with Crippen LogP contribution >= 0.6 is 11.3 Å². The van der Waals surface area contributed by atoms with Gasteiger partial charge in [0, 0.05) is 50.6 Å². The van der Waals surface area contributed by atoms with Gasteiger partial charge in [-0.3, -0.25) is 9.97 Å². The lowest BCUT2D eigenvalue weighted by molar-refractivity contribution is 1.14. The number of hydrogen-bond donors (Lipinski definition) is 0. The van der Waals surface area contributed by atoms with Gasteiger partial charge in [-0.25, -0.2) is 9.97 Å². The van der Waals surface area contributed by atoms with Crippen LogP contribution in [0.15, 0.2) is 207 Å². The lowest BCUT2D eigenvalue weighted by Crippen LogP contribution is -1.98. The molecule has 7 aromatic heterocycles. The SMILES string of the molecule is c1ccc(-c2cc(-n3c4ccccc4c4cc(-c5ccc6c(c5)c5ccccc5n6-c5cncc(-c6ccc7sc8cccnc8c7n6)c5)ccc43)cc(-c3ccccc3)n2)cc1. The summed E-state index contributed by atoms with van der Waals surface area (Å²) in [4.78, 5) is 19.7. The number of rotatable bonds is 6. The highest BCUT2D eigenvalue weighted by Crippen LogP contribution is 2.40. The summed E-state index contributed by atoms with van der Waals surface area (Å²) in [7, 11) is 0. The normalized spacial score (nSPS) is 11.8. The molecule has 0 atom stereocenters. The van der Waals surface area contributed by atoms with Crippen molar-refractivity contribution in [2.24, 2.45) is 0 Å². The fraction of sp³-hybridized carbons (Fsp3) is 0. The Morgan fingerprint density at radius 1 is 0.349 bits per heavy atom. The van der Waals surface area contributed by atoms with E-state index in [2.05, 4.69) is 184 Å². The molecule has 13 rings (SSSR count). The second-order valence-corrected chi connectivity index (χ2v) is 17.0. The summed E-state index contributed by atoms with van der Waals surface area (Å²) < 4.78 is 6.98. The Morgan fingerprint density at radius 3 is 1.57 bits per heavy atom. The second kappa shape index (κ2) is 14.2. The summed E-state index contributed by atoms with van der Waals surface area (Å²) >= 11 is 1.72.